The van der Waals surface area contributed by atoms with E-state index in [1.54, 1.807) is 25.3 Å². The Morgan fingerprint density at radius 1 is 1.15 bits per heavy atom. The number of carbonyl (C=O) groups is 1. The molecule has 1 N–H and O–H groups in total. The van der Waals surface area contributed by atoms with E-state index in [1.165, 1.54) is 4.68 Å². The molecule has 0 aliphatic carbocycles. The fourth-order valence-corrected chi connectivity index (χ4v) is 2.69. The smallest absolute Gasteiger partial charge is 0.277 e. The number of nitrogens with one attached hydrogen (secondary N) is 1. The second kappa shape index (κ2) is 8.24. The second-order valence-corrected chi connectivity index (χ2v) is 5.83. The number of methoxy groups -OCH3 is 1. The molecule has 7 nitrogen and oxygen atoms in total. The Bertz CT molecular complexity index is 968. The van der Waals surface area contributed by atoms with E-state index < -0.39 is 0 Å². The van der Waals surface area contributed by atoms with Crippen LogP contribution in [0.15, 0.2) is 53.3 Å². The van der Waals surface area contributed by atoms with E-state index in [0.29, 0.717) is 36.8 Å². The number of nitrogens with zero attached hydrogens (tertiary/aromatic N) is 3. The second-order valence-electron chi connectivity index (χ2n) is 5.83. The van der Waals surface area contributed by atoms with Crippen molar-refractivity contribution in [2.24, 2.45) is 0 Å². The van der Waals surface area contributed by atoms with Crippen LogP contribution in [0.1, 0.15) is 18.4 Å². The van der Waals surface area contributed by atoms with Crippen LogP contribution in [-0.4, -0.2) is 28.0 Å². The third-order valence-electron chi connectivity index (χ3n) is 4.07. The van der Waals surface area contributed by atoms with Gasteiger partial charge in [0, 0.05) is 25.1 Å². The molecule has 0 saturated heterocycles. The lowest BCUT2D eigenvalue weighted by molar-refractivity contribution is -0.121. The lowest BCUT2D eigenvalue weighted by atomic mass is 10.2. The normalized spacial score (nSPS) is 10.7. The molecule has 0 atom stereocenters. The number of fused-ring (bicyclic) bond motifs is 1. The molecule has 0 saturated carbocycles. The van der Waals surface area contributed by atoms with Gasteiger partial charge in [0.1, 0.15) is 11.3 Å². The minimum atomic E-state index is -0.190. The lowest BCUT2D eigenvalue weighted by Gasteiger charge is -2.09. The molecule has 134 valence electrons. The first-order valence-electron chi connectivity index (χ1n) is 8.40. The topological polar surface area (TPSA) is 86.1 Å². The van der Waals surface area contributed by atoms with E-state index in [1.807, 2.05) is 30.3 Å². The summed E-state index contributed by atoms with van der Waals surface area (Å²) in [5.74, 6) is 0.656. The highest BCUT2D eigenvalue weighted by atomic mass is 16.5. The summed E-state index contributed by atoms with van der Waals surface area (Å²) in [5, 5.41) is 11.4. The fourth-order valence-electron chi connectivity index (χ4n) is 2.69. The van der Waals surface area contributed by atoms with Crippen molar-refractivity contribution < 1.29 is 9.53 Å². The Balaban J connectivity index is 1.53. The summed E-state index contributed by atoms with van der Waals surface area (Å²) < 4.78 is 6.56. The zero-order chi connectivity index (χ0) is 18.4. The number of para-hydroxylation sites is 1. The number of hydrogen-bond donors (Lipinski definition) is 1. The van der Waals surface area contributed by atoms with Crippen LogP contribution in [0.25, 0.3) is 10.9 Å². The van der Waals surface area contributed by atoms with Gasteiger partial charge in [-0.15, -0.1) is 5.10 Å². The van der Waals surface area contributed by atoms with Gasteiger partial charge in [0.15, 0.2) is 0 Å². The molecule has 0 spiro atoms. The molecule has 0 fully saturated rings. The lowest BCUT2D eigenvalue weighted by Crippen LogP contribution is -2.26. The zero-order valence-corrected chi connectivity index (χ0v) is 14.5. The minimum absolute atomic E-state index is 0.0855. The molecular weight excluding hydrogens is 332 g/mol. The van der Waals surface area contributed by atoms with Crippen LogP contribution >= 0.6 is 0 Å². The van der Waals surface area contributed by atoms with Crippen molar-refractivity contribution in [1.82, 2.24) is 20.3 Å². The van der Waals surface area contributed by atoms with E-state index in [0.717, 1.165) is 11.3 Å². The average Bonchev–Trinajstić information content (AvgIpc) is 2.68. The summed E-state index contributed by atoms with van der Waals surface area (Å²) in [4.78, 5) is 24.4. The molecule has 1 aromatic heterocycles. The number of aryl methyl sites for hydroxylation is 1. The Morgan fingerprint density at radius 3 is 2.77 bits per heavy atom. The monoisotopic (exact) mass is 352 g/mol. The van der Waals surface area contributed by atoms with Crippen LogP contribution in [0.5, 0.6) is 5.75 Å². The number of amides is 1. The summed E-state index contributed by atoms with van der Waals surface area (Å²) in [6, 6.07) is 14.6. The molecule has 3 aromatic rings. The van der Waals surface area contributed by atoms with Crippen molar-refractivity contribution in [3.63, 3.8) is 0 Å². The average molecular weight is 352 g/mol. The number of carbonyl (C=O) groups excluding carboxylic acids is 1. The van der Waals surface area contributed by atoms with Crippen molar-refractivity contribution in [2.45, 2.75) is 25.9 Å². The minimum Gasteiger partial charge on any atom is -0.496 e. The molecular formula is C19H20N4O3. The highest BCUT2D eigenvalue weighted by molar-refractivity contribution is 5.76. The van der Waals surface area contributed by atoms with E-state index in [-0.39, 0.29) is 11.5 Å². The summed E-state index contributed by atoms with van der Waals surface area (Å²) in [6.45, 7) is 0.747. The molecule has 0 aliphatic rings. The molecule has 1 amide bonds. The van der Waals surface area contributed by atoms with Crippen LogP contribution in [-0.2, 0) is 17.9 Å². The van der Waals surface area contributed by atoms with Gasteiger partial charge in [0.25, 0.3) is 5.56 Å². The number of ether oxygens (including phenoxy) is 1. The van der Waals surface area contributed by atoms with E-state index in [4.69, 9.17) is 4.74 Å². The van der Waals surface area contributed by atoms with Crippen molar-refractivity contribution in [3.8, 4) is 5.75 Å². The van der Waals surface area contributed by atoms with Crippen LogP contribution in [0.2, 0.25) is 0 Å². The Morgan fingerprint density at radius 2 is 1.92 bits per heavy atom. The highest BCUT2D eigenvalue weighted by Crippen LogP contribution is 2.16. The number of benzene rings is 2. The predicted molar refractivity (Wildman–Crippen MR) is 97.9 cm³/mol. The number of hydrogen-bond acceptors (Lipinski definition) is 5. The van der Waals surface area contributed by atoms with Gasteiger partial charge in [-0.25, -0.2) is 4.68 Å². The summed E-state index contributed by atoms with van der Waals surface area (Å²) in [6.07, 6.45) is 0.806. The van der Waals surface area contributed by atoms with E-state index >= 15 is 0 Å². The highest BCUT2D eigenvalue weighted by Gasteiger charge is 2.07. The largest absolute Gasteiger partial charge is 0.496 e. The first-order valence-corrected chi connectivity index (χ1v) is 8.40. The first kappa shape index (κ1) is 17.6. The van der Waals surface area contributed by atoms with Gasteiger partial charge in [-0.1, -0.05) is 35.5 Å². The van der Waals surface area contributed by atoms with Crippen molar-refractivity contribution >= 4 is 16.8 Å². The van der Waals surface area contributed by atoms with Gasteiger partial charge >= 0.3 is 0 Å². The molecule has 2 aromatic carbocycles. The summed E-state index contributed by atoms with van der Waals surface area (Å²) >= 11 is 0. The molecule has 0 aliphatic heterocycles. The van der Waals surface area contributed by atoms with Crippen molar-refractivity contribution in [1.29, 1.82) is 0 Å². The SMILES string of the molecule is COc1ccccc1CNC(=O)CCCn1nnc2ccccc2c1=O. The van der Waals surface area contributed by atoms with Gasteiger partial charge in [-0.05, 0) is 24.6 Å². The Labute approximate surface area is 150 Å². The first-order chi connectivity index (χ1) is 12.7. The van der Waals surface area contributed by atoms with Gasteiger partial charge < -0.3 is 10.1 Å². The quantitative estimate of drug-likeness (QED) is 0.702. The van der Waals surface area contributed by atoms with Crippen LogP contribution in [0, 0.1) is 0 Å². The van der Waals surface area contributed by atoms with Gasteiger partial charge in [0.2, 0.25) is 5.91 Å². The molecule has 7 heteroatoms. The Hall–Kier alpha value is -3.22. The van der Waals surface area contributed by atoms with Gasteiger partial charge in [-0.2, -0.15) is 0 Å². The van der Waals surface area contributed by atoms with E-state index in [9.17, 15) is 9.59 Å². The van der Waals surface area contributed by atoms with Crippen molar-refractivity contribution in [3.05, 3.63) is 64.4 Å². The standard InChI is InChI=1S/C19H20N4O3/c1-26-17-10-5-2-7-14(17)13-20-18(24)11-6-12-23-19(25)15-8-3-4-9-16(15)21-22-23/h2-5,7-10H,6,11-13H2,1H3,(H,20,24). The number of aromatic nitrogens is 3. The van der Waals surface area contributed by atoms with Gasteiger partial charge in [0.05, 0.1) is 12.5 Å². The van der Waals surface area contributed by atoms with Crippen LogP contribution in [0.3, 0.4) is 0 Å². The Kier molecular flexibility index (Phi) is 5.58. The van der Waals surface area contributed by atoms with Crippen molar-refractivity contribution in [2.75, 3.05) is 7.11 Å². The van der Waals surface area contributed by atoms with Gasteiger partial charge in [-0.3, -0.25) is 9.59 Å². The summed E-state index contributed by atoms with van der Waals surface area (Å²) in [5.41, 5.74) is 1.30. The maximum Gasteiger partial charge on any atom is 0.277 e. The van der Waals surface area contributed by atoms with Crippen LogP contribution < -0.4 is 15.6 Å². The summed E-state index contributed by atoms with van der Waals surface area (Å²) in [7, 11) is 1.60. The van der Waals surface area contributed by atoms with E-state index in [2.05, 4.69) is 15.6 Å². The predicted octanol–water partition coefficient (Wildman–Crippen LogP) is 1.90. The molecule has 0 radical (unpaired) electrons. The molecule has 26 heavy (non-hydrogen) atoms. The maximum atomic E-state index is 12.3. The zero-order valence-electron chi connectivity index (χ0n) is 14.5. The fraction of sp³-hybridized carbons (Fsp3) is 0.263. The molecule has 0 unspecified atom stereocenters. The third kappa shape index (κ3) is 4.05. The third-order valence-corrected chi connectivity index (χ3v) is 4.07. The molecule has 0 bridgehead atoms. The van der Waals surface area contributed by atoms with Crippen LogP contribution in [0.4, 0.5) is 0 Å². The maximum absolute atomic E-state index is 12.3. The molecule has 1 heterocycles. The number of rotatable bonds is 7. The molecule has 3 rings (SSSR count).